The van der Waals surface area contributed by atoms with Gasteiger partial charge in [-0.05, 0) is 25.8 Å². The zero-order valence-electron chi connectivity index (χ0n) is 9.68. The molecule has 0 radical (unpaired) electrons. The number of hydrogen-bond donors (Lipinski definition) is 2. The smallest absolute Gasteiger partial charge is 0.205 e. The molecule has 1 saturated carbocycles. The average molecular weight is 242 g/mol. The summed E-state index contributed by atoms with van der Waals surface area (Å²) in [5.41, 5.74) is 0. The number of hydrogen-bond acceptors (Lipinski definition) is 6. The second kappa shape index (κ2) is 5.07. The third kappa shape index (κ3) is 2.90. The van der Waals surface area contributed by atoms with Gasteiger partial charge in [-0.15, -0.1) is 10.2 Å². The first-order valence-corrected chi connectivity index (χ1v) is 6.35. The molecule has 1 aromatic rings. The Bertz CT molecular complexity index is 337. The van der Waals surface area contributed by atoms with Gasteiger partial charge < -0.3 is 10.4 Å². The minimum absolute atomic E-state index is 0.0594. The Labute approximate surface area is 99.5 Å². The first kappa shape index (κ1) is 11.8. The van der Waals surface area contributed by atoms with Crippen molar-refractivity contribution in [3.63, 3.8) is 0 Å². The van der Waals surface area contributed by atoms with Crippen LogP contribution in [0.4, 0.5) is 5.13 Å². The van der Waals surface area contributed by atoms with Crippen molar-refractivity contribution in [3.8, 4) is 0 Å². The van der Waals surface area contributed by atoms with E-state index in [1.54, 1.807) is 11.3 Å². The largest absolute Gasteiger partial charge is 0.393 e. The Morgan fingerprint density at radius 2 is 2.25 bits per heavy atom. The monoisotopic (exact) mass is 242 g/mol. The molecular formula is C10H18N4OS. The van der Waals surface area contributed by atoms with Crippen molar-refractivity contribution in [2.24, 2.45) is 5.92 Å². The van der Waals surface area contributed by atoms with Crippen molar-refractivity contribution in [1.29, 1.82) is 0 Å². The number of rotatable bonds is 5. The minimum Gasteiger partial charge on any atom is -0.393 e. The molecule has 1 heterocycles. The van der Waals surface area contributed by atoms with Crippen LogP contribution >= 0.6 is 11.3 Å². The van der Waals surface area contributed by atoms with E-state index in [1.165, 1.54) is 0 Å². The number of aliphatic hydroxyl groups excluding tert-OH is 1. The summed E-state index contributed by atoms with van der Waals surface area (Å²) in [4.78, 5) is 2.25. The molecular weight excluding hydrogens is 224 g/mol. The van der Waals surface area contributed by atoms with Crippen molar-refractivity contribution in [1.82, 2.24) is 15.1 Å². The van der Waals surface area contributed by atoms with Crippen molar-refractivity contribution >= 4 is 16.5 Å². The lowest BCUT2D eigenvalue weighted by molar-refractivity contribution is 0.0273. The maximum absolute atomic E-state index is 9.21. The average Bonchev–Trinajstić information content (AvgIpc) is 2.63. The molecule has 0 unspecified atom stereocenters. The molecule has 0 bridgehead atoms. The van der Waals surface area contributed by atoms with Gasteiger partial charge in [0.15, 0.2) is 0 Å². The van der Waals surface area contributed by atoms with E-state index in [0.29, 0.717) is 5.92 Å². The van der Waals surface area contributed by atoms with E-state index in [4.69, 9.17) is 0 Å². The maximum Gasteiger partial charge on any atom is 0.205 e. The molecule has 90 valence electrons. The lowest BCUT2D eigenvalue weighted by Gasteiger charge is -2.34. The van der Waals surface area contributed by atoms with Gasteiger partial charge >= 0.3 is 0 Å². The Morgan fingerprint density at radius 3 is 2.81 bits per heavy atom. The highest BCUT2D eigenvalue weighted by atomic mass is 32.1. The second-order valence-electron chi connectivity index (χ2n) is 4.44. The van der Waals surface area contributed by atoms with E-state index in [1.807, 2.05) is 7.05 Å². The van der Waals surface area contributed by atoms with E-state index >= 15 is 0 Å². The number of aromatic nitrogens is 2. The Balaban J connectivity index is 1.76. The molecule has 0 aliphatic heterocycles. The Hall–Kier alpha value is -0.720. The van der Waals surface area contributed by atoms with Crippen LogP contribution in [-0.2, 0) is 6.54 Å². The van der Waals surface area contributed by atoms with Gasteiger partial charge in [0.2, 0.25) is 5.13 Å². The fraction of sp³-hybridized carbons (Fsp3) is 0.800. The van der Waals surface area contributed by atoms with E-state index in [9.17, 15) is 5.11 Å². The summed E-state index contributed by atoms with van der Waals surface area (Å²) in [5, 5.41) is 22.2. The molecule has 2 rings (SSSR count). The fourth-order valence-corrected chi connectivity index (χ4v) is 2.78. The molecule has 2 N–H and O–H groups in total. The van der Waals surface area contributed by atoms with Crippen LogP contribution in [0.3, 0.4) is 0 Å². The van der Waals surface area contributed by atoms with Gasteiger partial charge in [-0.3, -0.25) is 4.90 Å². The fourth-order valence-electron chi connectivity index (χ4n) is 2.00. The van der Waals surface area contributed by atoms with Crippen LogP contribution in [0.5, 0.6) is 0 Å². The van der Waals surface area contributed by atoms with Crippen LogP contribution in [0.1, 0.15) is 17.8 Å². The van der Waals surface area contributed by atoms with Crippen LogP contribution < -0.4 is 5.32 Å². The van der Waals surface area contributed by atoms with Crippen LogP contribution in [0.25, 0.3) is 0 Å². The predicted molar refractivity (Wildman–Crippen MR) is 64.5 cm³/mol. The van der Waals surface area contributed by atoms with Gasteiger partial charge in [-0.1, -0.05) is 11.3 Å². The van der Waals surface area contributed by atoms with Gasteiger partial charge in [-0.25, -0.2) is 0 Å². The molecule has 1 aliphatic rings. The van der Waals surface area contributed by atoms with Gasteiger partial charge in [-0.2, -0.15) is 0 Å². The van der Waals surface area contributed by atoms with Crippen molar-refractivity contribution in [2.45, 2.75) is 25.5 Å². The van der Waals surface area contributed by atoms with E-state index in [2.05, 4.69) is 27.5 Å². The molecule has 0 aromatic carbocycles. The summed E-state index contributed by atoms with van der Waals surface area (Å²) < 4.78 is 0. The van der Waals surface area contributed by atoms with E-state index in [-0.39, 0.29) is 6.10 Å². The normalized spacial score (nSPS) is 24.5. The van der Waals surface area contributed by atoms with Gasteiger partial charge in [0, 0.05) is 13.6 Å². The highest BCUT2D eigenvalue weighted by Gasteiger charge is 2.27. The number of aliphatic hydroxyl groups is 1. The van der Waals surface area contributed by atoms with Crippen molar-refractivity contribution < 1.29 is 5.11 Å². The molecule has 6 heteroatoms. The van der Waals surface area contributed by atoms with Gasteiger partial charge in [0.05, 0.1) is 12.6 Å². The highest BCUT2D eigenvalue weighted by molar-refractivity contribution is 7.15. The highest BCUT2D eigenvalue weighted by Crippen LogP contribution is 2.28. The van der Waals surface area contributed by atoms with Crippen LogP contribution in [-0.4, -0.2) is 46.9 Å². The molecule has 1 fully saturated rings. The van der Waals surface area contributed by atoms with E-state index < -0.39 is 0 Å². The summed E-state index contributed by atoms with van der Waals surface area (Å²) in [6, 6.07) is 0. The summed E-state index contributed by atoms with van der Waals surface area (Å²) in [7, 11) is 3.94. The van der Waals surface area contributed by atoms with E-state index in [0.717, 1.165) is 36.1 Å². The van der Waals surface area contributed by atoms with Crippen LogP contribution in [0, 0.1) is 5.92 Å². The predicted octanol–water partition coefficient (Wildman–Crippen LogP) is 0.782. The molecule has 0 saturated heterocycles. The molecule has 0 amide bonds. The summed E-state index contributed by atoms with van der Waals surface area (Å²) in [6.07, 6.45) is 1.83. The topological polar surface area (TPSA) is 61.3 Å². The summed E-state index contributed by atoms with van der Waals surface area (Å²) >= 11 is 1.59. The van der Waals surface area contributed by atoms with Gasteiger partial charge in [0.25, 0.3) is 0 Å². The van der Waals surface area contributed by atoms with Crippen molar-refractivity contribution in [2.75, 3.05) is 26.0 Å². The van der Waals surface area contributed by atoms with Gasteiger partial charge in [0.1, 0.15) is 5.01 Å². The first-order valence-electron chi connectivity index (χ1n) is 5.54. The quantitative estimate of drug-likeness (QED) is 0.799. The van der Waals surface area contributed by atoms with Crippen molar-refractivity contribution in [3.05, 3.63) is 5.01 Å². The molecule has 0 atom stereocenters. The standard InChI is InChI=1S/C10H18N4OS/c1-11-10-13-12-9(16-10)6-14(2)5-7-3-8(15)4-7/h7-8,15H,3-6H2,1-2H3,(H,11,13). The SMILES string of the molecule is CNc1nnc(CN(C)CC2CC(O)C2)s1. The molecule has 5 nitrogen and oxygen atoms in total. The molecule has 16 heavy (non-hydrogen) atoms. The lowest BCUT2D eigenvalue weighted by Crippen LogP contribution is -2.36. The number of anilines is 1. The Morgan fingerprint density at radius 1 is 1.50 bits per heavy atom. The molecule has 0 spiro atoms. The third-order valence-corrected chi connectivity index (χ3v) is 3.79. The Kier molecular flexibility index (Phi) is 3.73. The first-order chi connectivity index (χ1) is 7.67. The molecule has 1 aromatic heterocycles. The summed E-state index contributed by atoms with van der Waals surface area (Å²) in [6.45, 7) is 1.87. The second-order valence-corrected chi connectivity index (χ2v) is 5.50. The maximum atomic E-state index is 9.21. The summed E-state index contributed by atoms with van der Waals surface area (Å²) in [5.74, 6) is 0.650. The van der Waals surface area contributed by atoms with Crippen LogP contribution in [0.2, 0.25) is 0 Å². The number of nitrogens with zero attached hydrogens (tertiary/aromatic N) is 3. The molecule has 1 aliphatic carbocycles. The van der Waals surface area contributed by atoms with Crippen LogP contribution in [0.15, 0.2) is 0 Å². The zero-order chi connectivity index (χ0) is 11.5. The third-order valence-electron chi connectivity index (χ3n) is 2.87. The number of nitrogens with one attached hydrogen (secondary N) is 1. The zero-order valence-corrected chi connectivity index (χ0v) is 10.5. The minimum atomic E-state index is -0.0594. The lowest BCUT2D eigenvalue weighted by atomic mass is 9.82.